The summed E-state index contributed by atoms with van der Waals surface area (Å²) in [4.78, 5) is 14.2. The molecule has 0 saturated heterocycles. The van der Waals surface area contributed by atoms with Crippen LogP contribution in [0.3, 0.4) is 0 Å². The van der Waals surface area contributed by atoms with Gasteiger partial charge in [0.25, 0.3) is 0 Å². The maximum Gasteiger partial charge on any atom is 0.246 e. The second-order valence-corrected chi connectivity index (χ2v) is 7.63. The van der Waals surface area contributed by atoms with E-state index < -0.39 is 0 Å². The van der Waals surface area contributed by atoms with Gasteiger partial charge in [-0.3, -0.25) is 4.79 Å². The maximum absolute atomic E-state index is 12.1. The Balaban J connectivity index is 2.35. The minimum atomic E-state index is 0.00658. The van der Waals surface area contributed by atoms with E-state index in [-0.39, 0.29) is 30.1 Å². The molecule has 0 spiro atoms. The molecule has 0 aliphatic heterocycles. The number of ether oxygens (including phenoxy) is 1. The summed E-state index contributed by atoms with van der Waals surface area (Å²) >= 11 is 0. The Morgan fingerprint density at radius 1 is 1.33 bits per heavy atom. The maximum atomic E-state index is 12.1. The molecule has 1 amide bonds. The van der Waals surface area contributed by atoms with Crippen LogP contribution in [0.4, 0.5) is 0 Å². The van der Waals surface area contributed by atoms with Crippen LogP contribution in [-0.4, -0.2) is 50.2 Å². The molecule has 0 aromatic heterocycles. The van der Waals surface area contributed by atoms with Crippen molar-refractivity contribution < 1.29 is 9.53 Å². The first kappa shape index (κ1) is 18.4. The van der Waals surface area contributed by atoms with Crippen LogP contribution in [-0.2, 0) is 9.53 Å². The van der Waals surface area contributed by atoms with Gasteiger partial charge in [-0.2, -0.15) is 0 Å². The Hall–Kier alpha value is -0.610. The van der Waals surface area contributed by atoms with E-state index in [1.165, 1.54) is 19.3 Å². The molecule has 0 unspecified atom stereocenters. The fourth-order valence-corrected chi connectivity index (χ4v) is 3.14. The molecular weight excluding hydrogens is 264 g/mol. The summed E-state index contributed by atoms with van der Waals surface area (Å²) in [7, 11) is 4.12. The van der Waals surface area contributed by atoms with Gasteiger partial charge >= 0.3 is 0 Å². The van der Waals surface area contributed by atoms with Gasteiger partial charge in [0.2, 0.25) is 5.91 Å². The second-order valence-electron chi connectivity index (χ2n) is 7.63. The number of nitrogens with zero attached hydrogens (tertiary/aromatic N) is 1. The third-order valence-corrected chi connectivity index (χ3v) is 4.73. The highest BCUT2D eigenvalue weighted by molar-refractivity contribution is 5.77. The van der Waals surface area contributed by atoms with Gasteiger partial charge in [0.15, 0.2) is 0 Å². The topological polar surface area (TPSA) is 41.6 Å². The van der Waals surface area contributed by atoms with Crippen LogP contribution in [0, 0.1) is 11.3 Å². The van der Waals surface area contributed by atoms with E-state index in [4.69, 9.17) is 4.74 Å². The van der Waals surface area contributed by atoms with Crippen LogP contribution in [0.5, 0.6) is 0 Å². The number of amides is 1. The summed E-state index contributed by atoms with van der Waals surface area (Å²) in [5.41, 5.74) is 0.0390. The van der Waals surface area contributed by atoms with Crippen LogP contribution < -0.4 is 5.32 Å². The average molecular weight is 298 g/mol. The lowest BCUT2D eigenvalue weighted by molar-refractivity contribution is -0.131. The third kappa shape index (κ3) is 6.35. The molecule has 0 radical (unpaired) electrons. The zero-order valence-corrected chi connectivity index (χ0v) is 14.7. The van der Waals surface area contributed by atoms with E-state index in [1.807, 2.05) is 0 Å². The normalized spacial score (nSPS) is 24.9. The summed E-state index contributed by atoms with van der Waals surface area (Å²) in [6.07, 6.45) is 5.09. The molecular formula is C17H34N2O2. The summed E-state index contributed by atoms with van der Waals surface area (Å²) in [6, 6.07) is 0.125. The quantitative estimate of drug-likeness (QED) is 0.785. The molecule has 4 nitrogen and oxygen atoms in total. The number of hydrogen-bond donors (Lipinski definition) is 1. The molecule has 1 saturated carbocycles. The molecule has 0 aromatic carbocycles. The Labute approximate surface area is 130 Å². The van der Waals surface area contributed by atoms with Crippen molar-refractivity contribution in [3.05, 3.63) is 0 Å². The molecule has 1 N–H and O–H groups in total. The highest BCUT2D eigenvalue weighted by Crippen LogP contribution is 2.26. The zero-order chi connectivity index (χ0) is 16.0. The van der Waals surface area contributed by atoms with E-state index in [9.17, 15) is 4.79 Å². The van der Waals surface area contributed by atoms with Gasteiger partial charge in [0, 0.05) is 12.6 Å². The van der Waals surface area contributed by atoms with E-state index in [0.29, 0.717) is 5.92 Å². The lowest BCUT2D eigenvalue weighted by atomic mass is 9.85. The molecule has 1 aliphatic carbocycles. The van der Waals surface area contributed by atoms with Crippen molar-refractivity contribution in [2.24, 2.45) is 11.3 Å². The van der Waals surface area contributed by atoms with Gasteiger partial charge in [0.05, 0.1) is 6.10 Å². The SMILES string of the molecule is C[C@@H]1CCCC[C@@H]1OCC(=O)N[C@@H](C)C(C)(C)CN(C)C. The first-order valence-corrected chi connectivity index (χ1v) is 8.28. The van der Waals surface area contributed by atoms with E-state index in [1.54, 1.807) is 0 Å². The summed E-state index contributed by atoms with van der Waals surface area (Å²) in [6.45, 7) is 9.80. The van der Waals surface area contributed by atoms with Gasteiger partial charge in [-0.05, 0) is 45.2 Å². The van der Waals surface area contributed by atoms with Gasteiger partial charge in [-0.15, -0.1) is 0 Å². The fourth-order valence-electron chi connectivity index (χ4n) is 3.14. The van der Waals surface area contributed by atoms with Crippen molar-refractivity contribution in [2.75, 3.05) is 27.2 Å². The van der Waals surface area contributed by atoms with Crippen molar-refractivity contribution in [3.63, 3.8) is 0 Å². The molecule has 0 bridgehead atoms. The lowest BCUT2D eigenvalue weighted by Gasteiger charge is -2.35. The summed E-state index contributed by atoms with van der Waals surface area (Å²) in [5, 5.41) is 3.09. The van der Waals surface area contributed by atoms with Crippen LogP contribution >= 0.6 is 0 Å². The fraction of sp³-hybridized carbons (Fsp3) is 0.941. The molecule has 1 rings (SSSR count). The highest BCUT2D eigenvalue weighted by atomic mass is 16.5. The molecule has 21 heavy (non-hydrogen) atoms. The standard InChI is InChI=1S/C17H34N2O2/c1-13-9-7-8-10-15(13)21-11-16(20)18-14(2)17(3,4)12-19(5)6/h13-15H,7-12H2,1-6H3,(H,18,20)/t13-,14+,15+/m1/s1. The predicted molar refractivity (Wildman–Crippen MR) is 87.3 cm³/mol. The van der Waals surface area contributed by atoms with E-state index in [2.05, 4.69) is 52.0 Å². The molecule has 0 heterocycles. The van der Waals surface area contributed by atoms with Crippen LogP contribution in [0.25, 0.3) is 0 Å². The average Bonchev–Trinajstić information content (AvgIpc) is 2.36. The molecule has 124 valence electrons. The molecule has 1 aliphatic rings. The monoisotopic (exact) mass is 298 g/mol. The van der Waals surface area contributed by atoms with E-state index >= 15 is 0 Å². The number of carbonyl (C=O) groups is 1. The van der Waals surface area contributed by atoms with Crippen LogP contribution in [0.15, 0.2) is 0 Å². The highest BCUT2D eigenvalue weighted by Gasteiger charge is 2.28. The molecule has 0 aromatic rings. The van der Waals surface area contributed by atoms with Gasteiger partial charge < -0.3 is 15.0 Å². The van der Waals surface area contributed by atoms with Crippen molar-refractivity contribution in [2.45, 2.75) is 65.5 Å². The summed E-state index contributed by atoms with van der Waals surface area (Å²) in [5.74, 6) is 0.585. The van der Waals surface area contributed by atoms with Crippen molar-refractivity contribution in [1.82, 2.24) is 10.2 Å². The Bertz CT molecular complexity index is 329. The van der Waals surface area contributed by atoms with Gasteiger partial charge in [-0.1, -0.05) is 33.6 Å². The number of carbonyl (C=O) groups excluding carboxylic acids is 1. The third-order valence-electron chi connectivity index (χ3n) is 4.73. The largest absolute Gasteiger partial charge is 0.368 e. The molecule has 4 heteroatoms. The number of hydrogen-bond acceptors (Lipinski definition) is 3. The minimum absolute atomic E-state index is 0.00658. The van der Waals surface area contributed by atoms with Crippen LogP contribution in [0.2, 0.25) is 0 Å². The van der Waals surface area contributed by atoms with Crippen LogP contribution in [0.1, 0.15) is 53.4 Å². The van der Waals surface area contributed by atoms with E-state index in [0.717, 1.165) is 13.0 Å². The first-order valence-electron chi connectivity index (χ1n) is 8.28. The van der Waals surface area contributed by atoms with Crippen molar-refractivity contribution in [3.8, 4) is 0 Å². The van der Waals surface area contributed by atoms with Gasteiger partial charge in [0.1, 0.15) is 6.61 Å². The minimum Gasteiger partial charge on any atom is -0.368 e. The van der Waals surface area contributed by atoms with Crippen molar-refractivity contribution in [1.29, 1.82) is 0 Å². The number of nitrogens with one attached hydrogen (secondary N) is 1. The lowest BCUT2D eigenvalue weighted by Crippen LogP contribution is -2.48. The summed E-state index contributed by atoms with van der Waals surface area (Å²) < 4.78 is 5.83. The molecule has 1 fully saturated rings. The smallest absolute Gasteiger partial charge is 0.246 e. The Morgan fingerprint density at radius 2 is 1.95 bits per heavy atom. The predicted octanol–water partition coefficient (Wildman–Crippen LogP) is 2.67. The number of rotatable bonds is 7. The molecule has 3 atom stereocenters. The Morgan fingerprint density at radius 3 is 2.52 bits per heavy atom. The van der Waals surface area contributed by atoms with Crippen molar-refractivity contribution >= 4 is 5.91 Å². The Kier molecular flexibility index (Phi) is 7.14. The second kappa shape index (κ2) is 8.14. The zero-order valence-electron chi connectivity index (χ0n) is 14.7. The van der Waals surface area contributed by atoms with Gasteiger partial charge in [-0.25, -0.2) is 0 Å². The first-order chi connectivity index (χ1) is 9.72.